The van der Waals surface area contributed by atoms with Gasteiger partial charge < -0.3 is 28.2 Å². The number of carboxylic acids is 1. The molecule has 6 N–H and O–H groups in total. The first-order valence-corrected chi connectivity index (χ1v) is 16.1. The van der Waals surface area contributed by atoms with Crippen LogP contribution in [0.1, 0.15) is 27.1 Å². The molecular weight excluding hydrogens is 575 g/mol. The second kappa shape index (κ2) is 25.6. The van der Waals surface area contributed by atoms with Crippen LogP contribution in [0.2, 0.25) is 0 Å². The Kier molecular flexibility index (Phi) is 29.8. The molecular formula is C20H42KN4O5PS4. The fourth-order valence-electron chi connectivity index (χ4n) is 2.70. The smallest absolute Gasteiger partial charge is 1.00 e. The molecule has 5 atom stereocenters. The second-order valence-corrected chi connectivity index (χ2v) is 11.2. The average Bonchev–Trinajstić information content (AvgIpc) is 2.79. The third-order valence-electron chi connectivity index (χ3n) is 4.68. The molecule has 1 fully saturated rings. The molecule has 1 aliphatic heterocycles. The predicted octanol–water partition coefficient (Wildman–Crippen LogP) is -1.96. The zero-order valence-electron chi connectivity index (χ0n) is 22.5. The zero-order valence-corrected chi connectivity index (χ0v) is 29.3. The summed E-state index contributed by atoms with van der Waals surface area (Å²) < 4.78 is 0. The molecule has 0 bridgehead atoms. The molecule has 1 saturated heterocycles. The van der Waals surface area contributed by atoms with Gasteiger partial charge in [-0.1, -0.05) is 0 Å². The van der Waals surface area contributed by atoms with Crippen molar-refractivity contribution in [2.24, 2.45) is 5.73 Å². The van der Waals surface area contributed by atoms with Gasteiger partial charge in [-0.2, -0.15) is 56.9 Å². The predicted molar refractivity (Wildman–Crippen MR) is 156 cm³/mol. The van der Waals surface area contributed by atoms with Crippen LogP contribution in [0.4, 0.5) is 0 Å². The van der Waals surface area contributed by atoms with Crippen LogP contribution in [0.15, 0.2) is 0 Å². The molecule has 3 amide bonds. The topological polar surface area (TPSA) is 151 Å². The summed E-state index contributed by atoms with van der Waals surface area (Å²) in [5, 5.41) is 17.0. The molecule has 0 spiro atoms. The number of nitrogens with one attached hydrogen (secondary N) is 3. The van der Waals surface area contributed by atoms with Crippen LogP contribution < -0.4 is 73.1 Å². The Morgan fingerprint density at radius 1 is 0.914 bits per heavy atom. The maximum absolute atomic E-state index is 11.7. The van der Waals surface area contributed by atoms with Crippen molar-refractivity contribution >= 4 is 80.6 Å². The van der Waals surface area contributed by atoms with E-state index in [1.807, 2.05) is 25.0 Å². The van der Waals surface area contributed by atoms with E-state index in [0.717, 1.165) is 17.3 Å². The van der Waals surface area contributed by atoms with E-state index < -0.39 is 18.1 Å². The maximum Gasteiger partial charge on any atom is 1.00 e. The van der Waals surface area contributed by atoms with E-state index in [0.29, 0.717) is 31.4 Å². The monoisotopic (exact) mass is 617 g/mol. The van der Waals surface area contributed by atoms with Crippen LogP contribution in [0.5, 0.6) is 0 Å². The first-order chi connectivity index (χ1) is 15.7. The number of thioether (sulfide) groups is 4. The van der Waals surface area contributed by atoms with Gasteiger partial charge in [-0.15, -0.1) is 0 Å². The summed E-state index contributed by atoms with van der Waals surface area (Å²) >= 11 is 6.51. The Bertz CT molecular complexity index is 609. The first-order valence-electron chi connectivity index (χ1n) is 10.6. The molecule has 1 heterocycles. The van der Waals surface area contributed by atoms with Crippen LogP contribution in [0.25, 0.3) is 0 Å². The molecule has 0 aliphatic carbocycles. The molecule has 0 aromatic rings. The van der Waals surface area contributed by atoms with E-state index in [-0.39, 0.29) is 92.5 Å². The van der Waals surface area contributed by atoms with E-state index in [9.17, 15) is 19.2 Å². The molecule has 202 valence electrons. The molecule has 0 aromatic heterocycles. The number of carbonyl (C=O) groups excluding carboxylic acids is 3. The number of amides is 3. The minimum absolute atomic E-state index is 0. The molecule has 5 unspecified atom stereocenters. The maximum atomic E-state index is 11.7. The quantitative estimate of drug-likeness (QED) is 0.104. The van der Waals surface area contributed by atoms with E-state index in [2.05, 4.69) is 16.0 Å². The van der Waals surface area contributed by atoms with Gasteiger partial charge in [-0.05, 0) is 73.7 Å². The summed E-state index contributed by atoms with van der Waals surface area (Å²) in [6.45, 7) is 0. The number of nitrogens with two attached hydrogens (primary N) is 1. The van der Waals surface area contributed by atoms with Gasteiger partial charge in [-0.25, -0.2) is 4.79 Å². The number of hydrogen-bond acceptors (Lipinski definition) is 9. The Labute approximate surface area is 274 Å². The van der Waals surface area contributed by atoms with Crippen molar-refractivity contribution < 1.29 is 77.1 Å². The van der Waals surface area contributed by atoms with E-state index in [1.54, 1.807) is 47.0 Å². The number of piperazine rings is 1. The molecule has 35 heavy (non-hydrogen) atoms. The molecule has 0 radical (unpaired) electrons. The third-order valence-corrected chi connectivity index (χ3v) is 7.26. The van der Waals surface area contributed by atoms with Gasteiger partial charge in [0.1, 0.15) is 18.1 Å². The molecule has 9 nitrogen and oxygen atoms in total. The van der Waals surface area contributed by atoms with Gasteiger partial charge in [0.25, 0.3) is 0 Å². The number of aliphatic carboxylic acids is 1. The molecule has 1 aliphatic rings. The van der Waals surface area contributed by atoms with Crippen molar-refractivity contribution in [2.75, 3.05) is 48.0 Å². The largest absolute Gasteiger partial charge is 1.00 e. The Balaban J connectivity index is -0.000000263. The molecule has 15 heteroatoms. The summed E-state index contributed by atoms with van der Waals surface area (Å²) in [6, 6.07) is -2.15. The summed E-state index contributed by atoms with van der Waals surface area (Å²) in [5.41, 5.74) is 5.66. The fraction of sp³-hybridized carbons (Fsp3) is 0.800. The number of hydrogen-bond donors (Lipinski definition) is 5. The molecule has 1 rings (SSSR count). The van der Waals surface area contributed by atoms with Crippen molar-refractivity contribution in [3.8, 4) is 0 Å². The normalized spacial score (nSPS) is 18.3. The van der Waals surface area contributed by atoms with Gasteiger partial charge in [-0.3, -0.25) is 14.4 Å². The standard InChI is InChI=1S/C10H20N2O3S2.C10H18N2O2S2.K.H3P.H/c1-16-5-3-7(11)9(13)12-8(10(14)15)4-6-17-2;1-15-5-3-7-9(13)12-8(4-6-16-2)10(14)11-7;;;/h7-8H,3-6,11H2,1-2H3,(H,12,13)(H,14,15);7-8H,3-6H2,1-2H3,(H,11,14)(H,12,13);;1H3;/q;;+1;;-1/i;;;;1+1. The second-order valence-electron chi connectivity index (χ2n) is 7.25. The Morgan fingerprint density at radius 3 is 1.69 bits per heavy atom. The summed E-state index contributed by atoms with van der Waals surface area (Å²) in [6.07, 6.45) is 10.2. The summed E-state index contributed by atoms with van der Waals surface area (Å²) in [4.78, 5) is 45.9. The van der Waals surface area contributed by atoms with Crippen molar-refractivity contribution in [1.82, 2.24) is 16.0 Å². The van der Waals surface area contributed by atoms with Crippen LogP contribution in [0.3, 0.4) is 0 Å². The van der Waals surface area contributed by atoms with Gasteiger partial charge in [0, 0.05) is 0 Å². The van der Waals surface area contributed by atoms with Crippen molar-refractivity contribution in [2.45, 2.75) is 49.9 Å². The Hall–Kier alpha value is 1.31. The number of carbonyl (C=O) groups is 4. The van der Waals surface area contributed by atoms with E-state index in [1.165, 1.54) is 0 Å². The zero-order chi connectivity index (χ0) is 25.2. The summed E-state index contributed by atoms with van der Waals surface area (Å²) in [7, 11) is 0. The van der Waals surface area contributed by atoms with Gasteiger partial charge in [0.15, 0.2) is 0 Å². The van der Waals surface area contributed by atoms with Gasteiger partial charge in [0.05, 0.1) is 6.04 Å². The summed E-state index contributed by atoms with van der Waals surface area (Å²) in [5.74, 6) is 1.77. The molecule has 0 saturated carbocycles. The van der Waals surface area contributed by atoms with Crippen LogP contribution >= 0.6 is 56.9 Å². The van der Waals surface area contributed by atoms with Crippen LogP contribution in [-0.2, 0) is 19.2 Å². The van der Waals surface area contributed by atoms with Crippen molar-refractivity contribution in [3.05, 3.63) is 0 Å². The minimum Gasteiger partial charge on any atom is -1.00 e. The fourth-order valence-corrected chi connectivity index (χ4v) is 4.61. The molecule has 0 aromatic carbocycles. The van der Waals surface area contributed by atoms with Crippen molar-refractivity contribution in [3.63, 3.8) is 0 Å². The average molecular weight is 618 g/mol. The van der Waals surface area contributed by atoms with Gasteiger partial charge >= 0.3 is 57.4 Å². The Morgan fingerprint density at radius 2 is 1.31 bits per heavy atom. The van der Waals surface area contributed by atoms with E-state index >= 15 is 0 Å². The van der Waals surface area contributed by atoms with Gasteiger partial charge in [0.2, 0.25) is 17.7 Å². The van der Waals surface area contributed by atoms with Crippen LogP contribution in [0, 0.1) is 0 Å². The number of rotatable bonds is 15. The first kappa shape index (κ1) is 40.8. The van der Waals surface area contributed by atoms with E-state index in [4.69, 9.17) is 10.8 Å². The SMILES string of the molecule is CSCCC(N)C(=O)NC(CCSC)C(=O)O.CSCCC1NC(=O)C(CCSC)NC1=O.P.[2H-].[K+]. The number of carboxylic acid groups (broad SMARTS) is 1. The van der Waals surface area contributed by atoms with Crippen LogP contribution in [-0.4, -0.2) is 101 Å². The minimum atomic E-state index is -1.01. The van der Waals surface area contributed by atoms with Crippen molar-refractivity contribution in [1.29, 1.82) is 0 Å². The third kappa shape index (κ3) is 19.1.